The number of thioether (sulfide) groups is 1. The summed E-state index contributed by atoms with van der Waals surface area (Å²) >= 11 is 1.70. The van der Waals surface area contributed by atoms with E-state index in [0.29, 0.717) is 30.6 Å². The summed E-state index contributed by atoms with van der Waals surface area (Å²) in [5.41, 5.74) is 0.995. The van der Waals surface area contributed by atoms with E-state index in [1.807, 2.05) is 30.3 Å². The minimum Gasteiger partial charge on any atom is -0.493 e. The van der Waals surface area contributed by atoms with Gasteiger partial charge >= 0.3 is 11.9 Å². The lowest BCUT2D eigenvalue weighted by Crippen LogP contribution is -2.45. The number of rotatable bonds is 11. The van der Waals surface area contributed by atoms with Gasteiger partial charge in [-0.2, -0.15) is 0 Å². The number of hydrogen-bond donors (Lipinski definition) is 2. The molecule has 1 saturated heterocycles. The summed E-state index contributed by atoms with van der Waals surface area (Å²) in [5.74, 6) is -3.84. The molecule has 218 valence electrons. The Balaban J connectivity index is 0.000000611. The normalized spacial score (nSPS) is 14.4. The van der Waals surface area contributed by atoms with Crippen molar-refractivity contribution in [1.29, 1.82) is 0 Å². The molecule has 0 spiro atoms. The van der Waals surface area contributed by atoms with Crippen molar-refractivity contribution in [2.75, 3.05) is 39.5 Å². The SMILES string of the molecule is CSC(=Nc1ccccc1)N(C)C1CCN(CCCCCOc2ccc(F)c(F)c2)CC1.O=C(O)/C=C/C(=O)O. The second kappa shape index (κ2) is 18.0. The van der Waals surface area contributed by atoms with Gasteiger partial charge in [0.25, 0.3) is 0 Å². The van der Waals surface area contributed by atoms with Crippen molar-refractivity contribution in [3.05, 3.63) is 72.3 Å². The smallest absolute Gasteiger partial charge is 0.328 e. The van der Waals surface area contributed by atoms with Crippen LogP contribution in [0.1, 0.15) is 32.1 Å². The summed E-state index contributed by atoms with van der Waals surface area (Å²) in [6.07, 6.45) is 8.57. The number of piperidine rings is 1. The molecule has 40 heavy (non-hydrogen) atoms. The van der Waals surface area contributed by atoms with Crippen molar-refractivity contribution >= 4 is 34.6 Å². The molecule has 2 aromatic rings. The quantitative estimate of drug-likeness (QED) is 0.152. The molecule has 0 atom stereocenters. The van der Waals surface area contributed by atoms with Crippen LogP contribution in [0.3, 0.4) is 0 Å². The Morgan fingerprint density at radius 3 is 2.25 bits per heavy atom. The Bertz CT molecular complexity index is 1110. The number of benzene rings is 2. The minimum absolute atomic E-state index is 0.385. The van der Waals surface area contributed by atoms with Crippen LogP contribution in [-0.2, 0) is 9.59 Å². The van der Waals surface area contributed by atoms with E-state index in [9.17, 15) is 18.4 Å². The number of halogens is 2. The van der Waals surface area contributed by atoms with Gasteiger partial charge in [-0.05, 0) is 69.2 Å². The minimum atomic E-state index is -1.26. The maximum atomic E-state index is 13.2. The van der Waals surface area contributed by atoms with Gasteiger partial charge in [0, 0.05) is 44.4 Å². The number of nitrogens with zero attached hydrogens (tertiary/aromatic N) is 3. The highest BCUT2D eigenvalue weighted by molar-refractivity contribution is 8.13. The molecule has 0 aromatic heterocycles. The van der Waals surface area contributed by atoms with E-state index in [0.717, 1.165) is 74.7 Å². The number of para-hydroxylation sites is 1. The third-order valence-corrected chi connectivity index (χ3v) is 6.96. The molecule has 0 bridgehead atoms. The van der Waals surface area contributed by atoms with E-state index in [1.54, 1.807) is 11.8 Å². The Kier molecular flexibility index (Phi) is 14.8. The van der Waals surface area contributed by atoms with Crippen LogP contribution < -0.4 is 4.74 Å². The highest BCUT2D eigenvalue weighted by atomic mass is 32.2. The van der Waals surface area contributed by atoms with Crippen LogP contribution in [0.5, 0.6) is 5.75 Å². The molecule has 1 fully saturated rings. The number of unbranched alkanes of at least 4 members (excludes halogenated alkanes) is 2. The second-order valence-corrected chi connectivity index (χ2v) is 9.89. The number of aliphatic carboxylic acids is 2. The fourth-order valence-electron chi connectivity index (χ4n) is 4.08. The zero-order valence-electron chi connectivity index (χ0n) is 22.8. The van der Waals surface area contributed by atoms with Crippen LogP contribution in [0.25, 0.3) is 0 Å². The summed E-state index contributed by atoms with van der Waals surface area (Å²) in [4.78, 5) is 28.8. The summed E-state index contributed by atoms with van der Waals surface area (Å²) < 4.78 is 31.6. The van der Waals surface area contributed by atoms with Crippen molar-refractivity contribution in [3.63, 3.8) is 0 Å². The van der Waals surface area contributed by atoms with Crippen LogP contribution in [0, 0.1) is 11.6 Å². The average Bonchev–Trinajstić information content (AvgIpc) is 2.95. The number of amidine groups is 1. The monoisotopic (exact) mass is 577 g/mol. The predicted molar refractivity (Wildman–Crippen MR) is 154 cm³/mol. The fourth-order valence-corrected chi connectivity index (χ4v) is 4.72. The van der Waals surface area contributed by atoms with E-state index in [4.69, 9.17) is 19.9 Å². The molecule has 1 aliphatic heterocycles. The Morgan fingerprint density at radius 1 is 1.02 bits per heavy atom. The highest BCUT2D eigenvalue weighted by Gasteiger charge is 2.24. The predicted octanol–water partition coefficient (Wildman–Crippen LogP) is 5.67. The number of likely N-dealkylation sites (tertiary alicyclic amines) is 1. The first kappa shape index (κ1) is 32.8. The zero-order chi connectivity index (χ0) is 29.3. The molecule has 0 saturated carbocycles. The molecule has 8 nitrogen and oxygen atoms in total. The number of carboxylic acid groups (broad SMARTS) is 2. The van der Waals surface area contributed by atoms with Crippen molar-refractivity contribution in [2.24, 2.45) is 4.99 Å². The molecule has 0 aliphatic carbocycles. The summed E-state index contributed by atoms with van der Waals surface area (Å²) in [6.45, 7) is 3.83. The maximum Gasteiger partial charge on any atom is 0.328 e. The average molecular weight is 578 g/mol. The molecule has 3 rings (SSSR count). The van der Waals surface area contributed by atoms with Crippen LogP contribution >= 0.6 is 11.8 Å². The largest absolute Gasteiger partial charge is 0.493 e. The number of carbonyl (C=O) groups is 2. The lowest BCUT2D eigenvalue weighted by molar-refractivity contribution is -0.134. The molecule has 1 aliphatic rings. The zero-order valence-corrected chi connectivity index (χ0v) is 23.7. The molecule has 2 N–H and O–H groups in total. The van der Waals surface area contributed by atoms with Gasteiger partial charge in [0.1, 0.15) is 5.75 Å². The molecule has 11 heteroatoms. The number of carboxylic acids is 2. The highest BCUT2D eigenvalue weighted by Crippen LogP contribution is 2.22. The summed E-state index contributed by atoms with van der Waals surface area (Å²) in [6, 6.07) is 14.3. The first-order valence-corrected chi connectivity index (χ1v) is 14.3. The Morgan fingerprint density at radius 2 is 1.68 bits per heavy atom. The fraction of sp³-hybridized carbons (Fsp3) is 0.414. The molecule has 0 amide bonds. The molecule has 2 aromatic carbocycles. The number of hydrogen-bond acceptors (Lipinski definition) is 6. The summed E-state index contributed by atoms with van der Waals surface area (Å²) in [7, 11) is 2.16. The first-order valence-electron chi connectivity index (χ1n) is 13.0. The van der Waals surface area contributed by atoms with Gasteiger partial charge in [-0.25, -0.2) is 23.4 Å². The van der Waals surface area contributed by atoms with Gasteiger partial charge in [0.05, 0.1) is 12.3 Å². The van der Waals surface area contributed by atoms with E-state index in [-0.39, 0.29) is 0 Å². The molecular weight excluding hydrogens is 540 g/mol. The maximum absolute atomic E-state index is 13.2. The van der Waals surface area contributed by atoms with Crippen LogP contribution in [0.4, 0.5) is 14.5 Å². The second-order valence-electron chi connectivity index (χ2n) is 9.11. The van der Waals surface area contributed by atoms with Gasteiger partial charge in [0.15, 0.2) is 16.8 Å². The van der Waals surface area contributed by atoms with Gasteiger partial charge in [-0.3, -0.25) is 0 Å². The van der Waals surface area contributed by atoms with Crippen LogP contribution in [0.2, 0.25) is 0 Å². The van der Waals surface area contributed by atoms with E-state index >= 15 is 0 Å². The molecule has 0 unspecified atom stereocenters. The van der Waals surface area contributed by atoms with Crippen molar-refractivity contribution < 1.29 is 33.3 Å². The molecule has 1 heterocycles. The van der Waals surface area contributed by atoms with E-state index in [1.165, 1.54) is 6.07 Å². The van der Waals surface area contributed by atoms with Crippen LogP contribution in [-0.4, -0.2) is 82.7 Å². The third kappa shape index (κ3) is 12.6. The lowest BCUT2D eigenvalue weighted by atomic mass is 10.0. The van der Waals surface area contributed by atoms with Gasteiger partial charge in [-0.1, -0.05) is 30.0 Å². The van der Waals surface area contributed by atoms with Crippen molar-refractivity contribution in [1.82, 2.24) is 9.80 Å². The molecular formula is C29H37F2N3O5S. The van der Waals surface area contributed by atoms with Crippen molar-refractivity contribution in [2.45, 2.75) is 38.1 Å². The van der Waals surface area contributed by atoms with E-state index in [2.05, 4.69) is 23.1 Å². The first-order chi connectivity index (χ1) is 19.2. The summed E-state index contributed by atoms with van der Waals surface area (Å²) in [5, 5.41) is 16.7. The van der Waals surface area contributed by atoms with Gasteiger partial charge < -0.3 is 24.7 Å². The third-order valence-electron chi connectivity index (χ3n) is 6.22. The van der Waals surface area contributed by atoms with Crippen molar-refractivity contribution in [3.8, 4) is 5.75 Å². The Hall–Kier alpha value is -3.44. The van der Waals surface area contributed by atoms with E-state index < -0.39 is 23.6 Å². The topological polar surface area (TPSA) is 103 Å². The number of aliphatic imine (C=N–C) groups is 1. The lowest BCUT2D eigenvalue weighted by Gasteiger charge is -2.37. The van der Waals surface area contributed by atoms with Crippen LogP contribution in [0.15, 0.2) is 65.7 Å². The molecule has 0 radical (unpaired) electrons. The Labute approximate surface area is 238 Å². The van der Waals surface area contributed by atoms with Gasteiger partial charge in [0.2, 0.25) is 0 Å². The van der Waals surface area contributed by atoms with Gasteiger partial charge in [-0.15, -0.1) is 0 Å². The number of ether oxygens (including phenoxy) is 1. The standard InChI is InChI=1S/C25H33F2N3OS.C4H4O4/c1-29(25(32-2)28-20-9-5-3-6-10-20)21-13-16-30(17-14-21)15-7-4-8-18-31-22-11-12-23(26)24(27)19-22;5-3(6)1-2-4(7)8/h3,5-6,9-12,19,21H,4,7-8,13-18H2,1-2H3;1-2H,(H,5,6)(H,7,8)/b;2-1+.